The van der Waals surface area contributed by atoms with Gasteiger partial charge in [0.1, 0.15) is 0 Å². The highest BCUT2D eigenvalue weighted by molar-refractivity contribution is 5.62. The van der Waals surface area contributed by atoms with Crippen molar-refractivity contribution in [1.29, 1.82) is 0 Å². The van der Waals surface area contributed by atoms with E-state index >= 15 is 0 Å². The van der Waals surface area contributed by atoms with E-state index in [0.29, 0.717) is 37.3 Å². The topological polar surface area (TPSA) is 81.7 Å². The van der Waals surface area contributed by atoms with Gasteiger partial charge in [-0.3, -0.25) is 4.68 Å². The van der Waals surface area contributed by atoms with Gasteiger partial charge >= 0.3 is 6.18 Å². The standard InChI is InChI=1S/C14H19F3N6/c1-3-23-8-10(9(2)22-23)11-7-12(14(15,16)17)21-13(20-11)19-6-4-5-18/h7-8H,3-6,18H2,1-2H3,(H,19,20,21). The molecule has 0 amide bonds. The Morgan fingerprint density at radius 1 is 1.30 bits per heavy atom. The summed E-state index contributed by atoms with van der Waals surface area (Å²) in [7, 11) is 0. The molecule has 3 N–H and O–H groups in total. The highest BCUT2D eigenvalue weighted by Gasteiger charge is 2.34. The molecular weight excluding hydrogens is 309 g/mol. The Morgan fingerprint density at radius 3 is 2.61 bits per heavy atom. The lowest BCUT2D eigenvalue weighted by Gasteiger charge is -2.11. The van der Waals surface area contributed by atoms with Crippen molar-refractivity contribution in [1.82, 2.24) is 19.7 Å². The van der Waals surface area contributed by atoms with Crippen LogP contribution in [-0.4, -0.2) is 32.8 Å². The van der Waals surface area contributed by atoms with Crippen LogP contribution in [0.25, 0.3) is 11.3 Å². The van der Waals surface area contributed by atoms with Gasteiger partial charge in [-0.15, -0.1) is 0 Å². The maximum absolute atomic E-state index is 13.1. The van der Waals surface area contributed by atoms with Gasteiger partial charge in [0.15, 0.2) is 5.69 Å². The van der Waals surface area contributed by atoms with E-state index in [2.05, 4.69) is 20.4 Å². The van der Waals surface area contributed by atoms with E-state index in [1.807, 2.05) is 6.92 Å². The van der Waals surface area contributed by atoms with Gasteiger partial charge in [0.25, 0.3) is 0 Å². The summed E-state index contributed by atoms with van der Waals surface area (Å²) in [4.78, 5) is 7.72. The van der Waals surface area contributed by atoms with Crippen molar-refractivity contribution in [2.75, 3.05) is 18.4 Å². The van der Waals surface area contributed by atoms with Gasteiger partial charge < -0.3 is 11.1 Å². The van der Waals surface area contributed by atoms with E-state index in [1.54, 1.807) is 17.8 Å². The number of rotatable bonds is 6. The summed E-state index contributed by atoms with van der Waals surface area (Å²) in [6, 6.07) is 0.943. The highest BCUT2D eigenvalue weighted by atomic mass is 19.4. The van der Waals surface area contributed by atoms with E-state index in [0.717, 1.165) is 6.07 Å². The van der Waals surface area contributed by atoms with Gasteiger partial charge in [-0.2, -0.15) is 18.3 Å². The summed E-state index contributed by atoms with van der Waals surface area (Å²) in [5.41, 5.74) is 5.76. The average Bonchev–Trinajstić information content (AvgIpc) is 2.87. The minimum absolute atomic E-state index is 0.0630. The first kappa shape index (κ1) is 17.2. The quantitative estimate of drug-likeness (QED) is 0.796. The molecule has 0 unspecified atom stereocenters. The first-order valence-corrected chi connectivity index (χ1v) is 7.29. The molecule has 126 valence electrons. The smallest absolute Gasteiger partial charge is 0.354 e. The fourth-order valence-corrected chi connectivity index (χ4v) is 2.04. The molecule has 0 saturated heterocycles. The molecule has 2 rings (SSSR count). The van der Waals surface area contributed by atoms with Crippen molar-refractivity contribution >= 4 is 5.95 Å². The number of aryl methyl sites for hydroxylation is 2. The third-order valence-electron chi connectivity index (χ3n) is 3.23. The van der Waals surface area contributed by atoms with Crippen molar-refractivity contribution < 1.29 is 13.2 Å². The van der Waals surface area contributed by atoms with E-state index in [9.17, 15) is 13.2 Å². The number of hydrogen-bond donors (Lipinski definition) is 2. The molecule has 0 saturated carbocycles. The zero-order valence-electron chi connectivity index (χ0n) is 13.0. The number of hydrogen-bond acceptors (Lipinski definition) is 5. The Morgan fingerprint density at radius 2 is 2.04 bits per heavy atom. The second kappa shape index (κ2) is 6.95. The third kappa shape index (κ3) is 4.19. The number of aromatic nitrogens is 4. The minimum atomic E-state index is -4.54. The van der Waals surface area contributed by atoms with Crippen LogP contribution >= 0.6 is 0 Å². The molecule has 0 aliphatic heterocycles. The highest BCUT2D eigenvalue weighted by Crippen LogP contribution is 2.31. The molecule has 0 spiro atoms. The molecule has 0 aromatic carbocycles. The maximum atomic E-state index is 13.1. The molecule has 0 aliphatic rings. The monoisotopic (exact) mass is 328 g/mol. The van der Waals surface area contributed by atoms with E-state index in [1.165, 1.54) is 0 Å². The van der Waals surface area contributed by atoms with Gasteiger partial charge in [0.2, 0.25) is 5.95 Å². The fraction of sp³-hybridized carbons (Fsp3) is 0.500. The molecule has 0 bridgehead atoms. The van der Waals surface area contributed by atoms with Gasteiger partial charge in [0.05, 0.1) is 11.4 Å². The predicted molar refractivity (Wildman–Crippen MR) is 80.8 cm³/mol. The second-order valence-corrected chi connectivity index (χ2v) is 5.01. The molecule has 0 atom stereocenters. The summed E-state index contributed by atoms with van der Waals surface area (Å²) in [6.07, 6.45) is -2.25. The largest absolute Gasteiger partial charge is 0.433 e. The molecule has 23 heavy (non-hydrogen) atoms. The Balaban J connectivity index is 2.44. The van der Waals surface area contributed by atoms with Crippen LogP contribution in [0.2, 0.25) is 0 Å². The SMILES string of the molecule is CCn1cc(-c2cc(C(F)(F)F)nc(NCCCN)n2)c(C)n1. The normalized spacial score (nSPS) is 11.7. The summed E-state index contributed by atoms with van der Waals surface area (Å²) < 4.78 is 40.8. The van der Waals surface area contributed by atoms with Crippen LogP contribution in [0.5, 0.6) is 0 Å². The molecule has 9 heteroatoms. The van der Waals surface area contributed by atoms with Crippen molar-refractivity contribution in [3.8, 4) is 11.3 Å². The Bertz CT molecular complexity index is 665. The Hall–Kier alpha value is -2.16. The lowest BCUT2D eigenvalue weighted by Crippen LogP contribution is -2.14. The van der Waals surface area contributed by atoms with Crippen molar-refractivity contribution in [3.63, 3.8) is 0 Å². The number of nitrogens with zero attached hydrogens (tertiary/aromatic N) is 4. The minimum Gasteiger partial charge on any atom is -0.354 e. The van der Waals surface area contributed by atoms with Crippen LogP contribution in [-0.2, 0) is 12.7 Å². The van der Waals surface area contributed by atoms with Crippen molar-refractivity contribution in [2.24, 2.45) is 5.73 Å². The van der Waals surface area contributed by atoms with Crippen molar-refractivity contribution in [2.45, 2.75) is 33.0 Å². The van der Waals surface area contributed by atoms with Gasteiger partial charge in [0, 0.05) is 24.8 Å². The third-order valence-corrected chi connectivity index (χ3v) is 3.23. The van der Waals surface area contributed by atoms with Crippen molar-refractivity contribution in [3.05, 3.63) is 23.7 Å². The molecule has 0 radical (unpaired) electrons. The molecule has 2 heterocycles. The van der Waals surface area contributed by atoms with E-state index in [-0.39, 0.29) is 11.6 Å². The first-order valence-electron chi connectivity index (χ1n) is 7.29. The summed E-state index contributed by atoms with van der Waals surface area (Å²) in [6.45, 7) is 5.10. The van der Waals surface area contributed by atoms with Crippen LogP contribution in [0.3, 0.4) is 0 Å². The van der Waals surface area contributed by atoms with Crippen LogP contribution in [0.1, 0.15) is 24.7 Å². The lowest BCUT2D eigenvalue weighted by molar-refractivity contribution is -0.141. The second-order valence-electron chi connectivity index (χ2n) is 5.01. The van der Waals surface area contributed by atoms with Crippen LogP contribution in [0.15, 0.2) is 12.3 Å². The molecule has 6 nitrogen and oxygen atoms in total. The molecule has 0 fully saturated rings. The van der Waals surface area contributed by atoms with E-state index < -0.39 is 11.9 Å². The van der Waals surface area contributed by atoms with E-state index in [4.69, 9.17) is 5.73 Å². The average molecular weight is 328 g/mol. The number of alkyl halides is 3. The fourth-order valence-electron chi connectivity index (χ4n) is 2.04. The van der Waals surface area contributed by atoms with Crippen LogP contribution in [0, 0.1) is 6.92 Å². The molecule has 0 aliphatic carbocycles. The Labute approximate surface area is 131 Å². The number of nitrogens with two attached hydrogens (primary N) is 1. The number of halogens is 3. The van der Waals surface area contributed by atoms with Crippen LogP contribution in [0.4, 0.5) is 19.1 Å². The molecule has 2 aromatic rings. The summed E-state index contributed by atoms with van der Waals surface area (Å²) in [5, 5.41) is 7.02. The first-order chi connectivity index (χ1) is 10.8. The van der Waals surface area contributed by atoms with Gasteiger partial charge in [-0.05, 0) is 32.9 Å². The summed E-state index contributed by atoms with van der Waals surface area (Å²) >= 11 is 0. The number of nitrogens with one attached hydrogen (secondary N) is 1. The lowest BCUT2D eigenvalue weighted by atomic mass is 10.1. The molecular formula is C14H19F3N6. The zero-order valence-corrected chi connectivity index (χ0v) is 13.0. The summed E-state index contributed by atoms with van der Waals surface area (Å²) in [5.74, 6) is -0.0630. The number of anilines is 1. The van der Waals surface area contributed by atoms with Gasteiger partial charge in [-0.25, -0.2) is 9.97 Å². The van der Waals surface area contributed by atoms with Gasteiger partial charge in [-0.1, -0.05) is 0 Å². The predicted octanol–water partition coefficient (Wildman–Crippen LogP) is 2.45. The molecule has 2 aromatic heterocycles. The zero-order chi connectivity index (χ0) is 17.0. The maximum Gasteiger partial charge on any atom is 0.433 e. The van der Waals surface area contributed by atoms with Crippen LogP contribution < -0.4 is 11.1 Å². The Kier molecular flexibility index (Phi) is 5.19.